The minimum atomic E-state index is -0.564. The van der Waals surface area contributed by atoms with Crippen LogP contribution in [0.15, 0.2) is 12.1 Å². The Balaban J connectivity index is 2.34. The van der Waals surface area contributed by atoms with Crippen molar-refractivity contribution in [3.63, 3.8) is 0 Å². The first-order valence-corrected chi connectivity index (χ1v) is 7.47. The standard InChI is InChI=1S/C17H28O3/c1-5-6-7-19-8-9-20-12-16(18)17-14(3)10-13(2)11-15(17)4/h10-11,16,18H,5-9,12H2,1-4H3. The molecule has 0 aliphatic heterocycles. The van der Waals surface area contributed by atoms with Crippen molar-refractivity contribution < 1.29 is 14.6 Å². The molecule has 0 spiro atoms. The highest BCUT2D eigenvalue weighted by Crippen LogP contribution is 2.23. The normalized spacial score (nSPS) is 12.7. The molecule has 0 fully saturated rings. The lowest BCUT2D eigenvalue weighted by Crippen LogP contribution is -2.13. The van der Waals surface area contributed by atoms with E-state index < -0.39 is 6.10 Å². The molecule has 1 unspecified atom stereocenters. The molecule has 0 heterocycles. The minimum absolute atomic E-state index is 0.321. The van der Waals surface area contributed by atoms with E-state index in [1.807, 2.05) is 13.8 Å². The number of hydrogen-bond donors (Lipinski definition) is 1. The number of benzene rings is 1. The van der Waals surface area contributed by atoms with Crippen LogP contribution in [0.25, 0.3) is 0 Å². The Labute approximate surface area is 122 Å². The van der Waals surface area contributed by atoms with Gasteiger partial charge in [0.25, 0.3) is 0 Å². The van der Waals surface area contributed by atoms with E-state index in [1.54, 1.807) is 0 Å². The molecule has 3 heteroatoms. The maximum Gasteiger partial charge on any atom is 0.103 e. The van der Waals surface area contributed by atoms with Gasteiger partial charge in [-0.05, 0) is 43.9 Å². The number of aliphatic hydroxyl groups is 1. The minimum Gasteiger partial charge on any atom is -0.386 e. The predicted molar refractivity (Wildman–Crippen MR) is 82.2 cm³/mol. The number of rotatable bonds is 9. The molecule has 0 saturated carbocycles. The Morgan fingerprint density at radius 3 is 2.20 bits per heavy atom. The van der Waals surface area contributed by atoms with Gasteiger partial charge in [-0.3, -0.25) is 0 Å². The Kier molecular flexibility index (Phi) is 7.82. The number of ether oxygens (including phenoxy) is 2. The lowest BCUT2D eigenvalue weighted by Gasteiger charge is -2.17. The summed E-state index contributed by atoms with van der Waals surface area (Å²) in [5.74, 6) is 0. The smallest absolute Gasteiger partial charge is 0.103 e. The van der Waals surface area contributed by atoms with E-state index in [9.17, 15) is 5.11 Å². The topological polar surface area (TPSA) is 38.7 Å². The van der Waals surface area contributed by atoms with Gasteiger partial charge in [-0.2, -0.15) is 0 Å². The maximum atomic E-state index is 10.2. The number of unbranched alkanes of at least 4 members (excludes halogenated alkanes) is 1. The molecule has 0 saturated heterocycles. The van der Waals surface area contributed by atoms with Gasteiger partial charge >= 0.3 is 0 Å². The predicted octanol–water partition coefficient (Wildman–Crippen LogP) is 3.48. The fourth-order valence-electron chi connectivity index (χ4n) is 2.46. The molecule has 0 radical (unpaired) electrons. The Morgan fingerprint density at radius 2 is 1.60 bits per heavy atom. The summed E-state index contributed by atoms with van der Waals surface area (Å²) in [7, 11) is 0. The zero-order chi connectivity index (χ0) is 15.0. The molecule has 0 amide bonds. The summed E-state index contributed by atoms with van der Waals surface area (Å²) in [6, 6.07) is 4.19. The third-order valence-electron chi connectivity index (χ3n) is 3.36. The van der Waals surface area contributed by atoms with Crippen molar-refractivity contribution in [1.82, 2.24) is 0 Å². The van der Waals surface area contributed by atoms with E-state index in [-0.39, 0.29) is 0 Å². The van der Waals surface area contributed by atoms with E-state index in [0.717, 1.165) is 36.1 Å². The molecular formula is C17H28O3. The van der Waals surface area contributed by atoms with Crippen LogP contribution in [0.3, 0.4) is 0 Å². The summed E-state index contributed by atoms with van der Waals surface area (Å²) >= 11 is 0. The van der Waals surface area contributed by atoms with Crippen LogP contribution in [-0.2, 0) is 9.47 Å². The highest BCUT2D eigenvalue weighted by Gasteiger charge is 2.13. The van der Waals surface area contributed by atoms with E-state index in [2.05, 4.69) is 26.0 Å². The molecule has 1 atom stereocenters. The number of aliphatic hydroxyl groups excluding tert-OH is 1. The molecule has 1 aromatic carbocycles. The van der Waals surface area contributed by atoms with Gasteiger partial charge in [-0.15, -0.1) is 0 Å². The van der Waals surface area contributed by atoms with Gasteiger partial charge in [-0.25, -0.2) is 0 Å². The zero-order valence-corrected chi connectivity index (χ0v) is 13.2. The van der Waals surface area contributed by atoms with Crippen LogP contribution >= 0.6 is 0 Å². The molecule has 20 heavy (non-hydrogen) atoms. The molecule has 0 aliphatic carbocycles. The van der Waals surface area contributed by atoms with Gasteiger partial charge in [0.15, 0.2) is 0 Å². The summed E-state index contributed by atoms with van der Waals surface area (Å²) in [6.07, 6.45) is 1.67. The fourth-order valence-corrected chi connectivity index (χ4v) is 2.46. The molecule has 0 aliphatic rings. The Bertz CT molecular complexity index is 378. The van der Waals surface area contributed by atoms with Gasteiger partial charge in [-0.1, -0.05) is 31.0 Å². The average Bonchev–Trinajstić information content (AvgIpc) is 2.36. The van der Waals surface area contributed by atoms with Crippen LogP contribution in [0.2, 0.25) is 0 Å². The van der Waals surface area contributed by atoms with Gasteiger partial charge in [0.2, 0.25) is 0 Å². The quantitative estimate of drug-likeness (QED) is 0.704. The second-order valence-electron chi connectivity index (χ2n) is 5.37. The van der Waals surface area contributed by atoms with Crippen molar-refractivity contribution in [1.29, 1.82) is 0 Å². The van der Waals surface area contributed by atoms with Crippen LogP contribution in [-0.4, -0.2) is 31.5 Å². The van der Waals surface area contributed by atoms with Crippen molar-refractivity contribution in [3.05, 3.63) is 34.4 Å². The second-order valence-corrected chi connectivity index (χ2v) is 5.37. The lowest BCUT2D eigenvalue weighted by molar-refractivity contribution is 0.00239. The van der Waals surface area contributed by atoms with Crippen LogP contribution in [0.4, 0.5) is 0 Å². The van der Waals surface area contributed by atoms with Gasteiger partial charge in [0.05, 0.1) is 19.8 Å². The highest BCUT2D eigenvalue weighted by molar-refractivity contribution is 5.38. The van der Waals surface area contributed by atoms with Gasteiger partial charge in [0, 0.05) is 6.61 Å². The SMILES string of the molecule is CCCCOCCOCC(O)c1c(C)cc(C)cc1C. The summed E-state index contributed by atoms with van der Waals surface area (Å²) in [6.45, 7) is 10.5. The lowest BCUT2D eigenvalue weighted by atomic mass is 9.96. The van der Waals surface area contributed by atoms with Crippen molar-refractivity contribution in [2.24, 2.45) is 0 Å². The molecule has 0 bridgehead atoms. The number of aryl methyl sites for hydroxylation is 3. The second kappa shape index (κ2) is 9.11. The molecule has 0 aromatic heterocycles. The monoisotopic (exact) mass is 280 g/mol. The molecular weight excluding hydrogens is 252 g/mol. The summed E-state index contributed by atoms with van der Waals surface area (Å²) < 4.78 is 10.9. The molecule has 1 rings (SSSR count). The van der Waals surface area contributed by atoms with Gasteiger partial charge in [0.1, 0.15) is 6.10 Å². The summed E-state index contributed by atoms with van der Waals surface area (Å²) in [5, 5.41) is 10.2. The highest BCUT2D eigenvalue weighted by atomic mass is 16.5. The molecule has 114 valence electrons. The van der Waals surface area contributed by atoms with Crippen molar-refractivity contribution in [2.45, 2.75) is 46.6 Å². The Morgan fingerprint density at radius 1 is 1.00 bits per heavy atom. The number of hydrogen-bond acceptors (Lipinski definition) is 3. The molecule has 3 nitrogen and oxygen atoms in total. The van der Waals surface area contributed by atoms with E-state index in [1.165, 1.54) is 5.56 Å². The van der Waals surface area contributed by atoms with Gasteiger partial charge < -0.3 is 14.6 Å². The third kappa shape index (κ3) is 5.61. The average molecular weight is 280 g/mol. The largest absolute Gasteiger partial charge is 0.386 e. The summed E-state index contributed by atoms with van der Waals surface area (Å²) in [5.41, 5.74) is 4.46. The fraction of sp³-hybridized carbons (Fsp3) is 0.647. The molecule has 1 N–H and O–H groups in total. The Hall–Kier alpha value is -0.900. The van der Waals surface area contributed by atoms with Crippen molar-refractivity contribution in [3.8, 4) is 0 Å². The first kappa shape index (κ1) is 17.2. The first-order valence-electron chi connectivity index (χ1n) is 7.47. The first-order chi connectivity index (χ1) is 9.56. The van der Waals surface area contributed by atoms with Crippen molar-refractivity contribution in [2.75, 3.05) is 26.4 Å². The maximum absolute atomic E-state index is 10.2. The molecule has 1 aromatic rings. The summed E-state index contributed by atoms with van der Waals surface area (Å²) in [4.78, 5) is 0. The zero-order valence-electron chi connectivity index (χ0n) is 13.2. The van der Waals surface area contributed by atoms with E-state index in [4.69, 9.17) is 9.47 Å². The van der Waals surface area contributed by atoms with Crippen molar-refractivity contribution >= 4 is 0 Å². The third-order valence-corrected chi connectivity index (χ3v) is 3.36. The van der Waals surface area contributed by atoms with E-state index >= 15 is 0 Å². The van der Waals surface area contributed by atoms with Crippen LogP contribution in [0.1, 0.15) is 48.1 Å². The van der Waals surface area contributed by atoms with Crippen LogP contribution < -0.4 is 0 Å². The van der Waals surface area contributed by atoms with Crippen LogP contribution in [0, 0.1) is 20.8 Å². The van der Waals surface area contributed by atoms with E-state index in [0.29, 0.717) is 19.8 Å². The van der Waals surface area contributed by atoms with Crippen LogP contribution in [0.5, 0.6) is 0 Å².